The summed E-state index contributed by atoms with van der Waals surface area (Å²) in [5.74, 6) is -0.234. The van der Waals surface area contributed by atoms with E-state index in [0.29, 0.717) is 0 Å². The van der Waals surface area contributed by atoms with Gasteiger partial charge in [-0.1, -0.05) is 43.5 Å². The van der Waals surface area contributed by atoms with Crippen molar-refractivity contribution in [2.45, 2.75) is 33.1 Å². The Kier molecular flexibility index (Phi) is 18.0. The number of hydrogen-bond acceptors (Lipinski definition) is 5. The van der Waals surface area contributed by atoms with Crippen LogP contribution in [-0.2, 0) is 14.3 Å². The topological polar surface area (TPSA) is 81.4 Å². The lowest BCUT2D eigenvalue weighted by Gasteiger charge is -1.93. The van der Waals surface area contributed by atoms with Crippen LogP contribution in [0.2, 0.25) is 0 Å². The summed E-state index contributed by atoms with van der Waals surface area (Å²) in [5.41, 5.74) is 7.51. The van der Waals surface area contributed by atoms with Gasteiger partial charge < -0.3 is 15.8 Å². The van der Waals surface area contributed by atoms with E-state index >= 15 is 0 Å². The molecule has 0 aliphatic heterocycles. The second-order valence-electron chi connectivity index (χ2n) is 4.72. The molecule has 0 saturated heterocycles. The van der Waals surface area contributed by atoms with Gasteiger partial charge >= 0.3 is 5.97 Å². The summed E-state index contributed by atoms with van der Waals surface area (Å²) >= 11 is 0. The van der Waals surface area contributed by atoms with Crippen LogP contribution >= 0.6 is 0 Å². The molecule has 0 unspecified atom stereocenters. The van der Waals surface area contributed by atoms with Crippen LogP contribution < -0.4 is 11.1 Å². The molecule has 3 N–H and O–H groups in total. The Morgan fingerprint density at radius 3 is 2.26 bits per heavy atom. The average molecular weight is 322 g/mol. The molecule has 1 aromatic carbocycles. The lowest BCUT2D eigenvalue weighted by atomic mass is 10.2. The van der Waals surface area contributed by atoms with Gasteiger partial charge in [0.05, 0.1) is 13.7 Å². The van der Waals surface area contributed by atoms with Crippen LogP contribution in [0.4, 0.5) is 5.69 Å². The summed E-state index contributed by atoms with van der Waals surface area (Å²) in [6.07, 6.45) is 7.69. The molecule has 0 aliphatic carbocycles. The van der Waals surface area contributed by atoms with Crippen LogP contribution in [0.3, 0.4) is 0 Å². The van der Waals surface area contributed by atoms with E-state index in [0.717, 1.165) is 18.4 Å². The summed E-state index contributed by atoms with van der Waals surface area (Å²) < 4.78 is 4.29. The van der Waals surface area contributed by atoms with E-state index in [1.807, 2.05) is 37.3 Å². The Bertz CT molecular complexity index is 407. The molecular weight excluding hydrogens is 292 g/mol. The molecule has 0 heterocycles. The fraction of sp³-hybridized carbons (Fsp3) is 0.444. The number of anilines is 1. The first kappa shape index (κ1) is 23.1. The van der Waals surface area contributed by atoms with Crippen molar-refractivity contribution in [3.8, 4) is 0 Å². The number of allylic oxidation sites excluding steroid dienone is 2. The number of carbonyl (C=O) groups is 2. The quantitative estimate of drug-likeness (QED) is 0.277. The number of rotatable bonds is 6. The summed E-state index contributed by atoms with van der Waals surface area (Å²) in [4.78, 5) is 19.8. The number of aldehydes is 1. The first-order valence-electron chi connectivity index (χ1n) is 7.65. The van der Waals surface area contributed by atoms with Crippen molar-refractivity contribution in [3.63, 3.8) is 0 Å². The second kappa shape index (κ2) is 17.9. The number of likely N-dealkylation sites (N-methyl/N-ethyl adjacent to an activating group) is 1. The van der Waals surface area contributed by atoms with E-state index in [-0.39, 0.29) is 12.5 Å². The van der Waals surface area contributed by atoms with Crippen LogP contribution in [-0.4, -0.2) is 33.0 Å². The zero-order valence-corrected chi connectivity index (χ0v) is 14.7. The first-order valence-corrected chi connectivity index (χ1v) is 7.65. The number of ether oxygens (including phenoxy) is 1. The van der Waals surface area contributed by atoms with Gasteiger partial charge in [0.15, 0.2) is 0 Å². The maximum atomic E-state index is 10.1. The molecule has 0 fully saturated rings. The van der Waals surface area contributed by atoms with E-state index in [1.165, 1.54) is 25.5 Å². The zero-order chi connectivity index (χ0) is 17.9. The molecule has 1 rings (SSSR count). The number of methoxy groups -OCH3 is 1. The highest BCUT2D eigenvalue weighted by atomic mass is 16.5. The van der Waals surface area contributed by atoms with Crippen molar-refractivity contribution >= 4 is 17.9 Å². The Balaban J connectivity index is 0. The van der Waals surface area contributed by atoms with E-state index in [2.05, 4.69) is 17.0 Å². The summed E-state index contributed by atoms with van der Waals surface area (Å²) in [6, 6.07) is 7.79. The number of aryl methyl sites for hydroxylation is 1. The zero-order valence-electron chi connectivity index (χ0n) is 14.7. The Labute approximate surface area is 139 Å². The highest BCUT2D eigenvalue weighted by Gasteiger charge is 1.91. The molecule has 23 heavy (non-hydrogen) atoms. The SMILES string of the molecule is CCCC/C=C/C=O.CNCC(=O)OC.Cc1ccc(N)cc1. The van der Waals surface area contributed by atoms with Gasteiger partial charge in [-0.15, -0.1) is 0 Å². The Morgan fingerprint density at radius 1 is 1.30 bits per heavy atom. The van der Waals surface area contributed by atoms with Gasteiger partial charge in [0.1, 0.15) is 6.29 Å². The predicted molar refractivity (Wildman–Crippen MR) is 96.3 cm³/mol. The van der Waals surface area contributed by atoms with Gasteiger partial charge in [0.25, 0.3) is 0 Å². The van der Waals surface area contributed by atoms with Crippen LogP contribution in [0, 0.1) is 6.92 Å². The number of carbonyl (C=O) groups excluding carboxylic acids is 2. The second-order valence-corrected chi connectivity index (χ2v) is 4.72. The molecule has 0 radical (unpaired) electrons. The highest BCUT2D eigenvalue weighted by Crippen LogP contribution is 2.02. The van der Waals surface area contributed by atoms with Gasteiger partial charge in [0, 0.05) is 5.69 Å². The van der Waals surface area contributed by atoms with Crippen molar-refractivity contribution in [1.29, 1.82) is 0 Å². The number of hydrogen-bond donors (Lipinski definition) is 2. The van der Waals surface area contributed by atoms with Gasteiger partial charge in [-0.25, -0.2) is 0 Å². The van der Waals surface area contributed by atoms with E-state index in [1.54, 1.807) is 13.1 Å². The number of nitrogens with one attached hydrogen (secondary N) is 1. The standard InChI is InChI=1S/C7H9N.C7H12O.C4H9NO2/c1-6-2-4-7(8)5-3-6;1-2-3-4-5-6-7-8;1-5-3-4(6)7-2/h2-5H,8H2,1H3;5-7H,2-4H2,1H3;5H,3H2,1-2H3/b;6-5+;. The van der Waals surface area contributed by atoms with Gasteiger partial charge in [-0.2, -0.15) is 0 Å². The van der Waals surface area contributed by atoms with Crippen LogP contribution in [0.1, 0.15) is 31.7 Å². The lowest BCUT2D eigenvalue weighted by molar-refractivity contribution is -0.139. The largest absolute Gasteiger partial charge is 0.468 e. The maximum absolute atomic E-state index is 10.1. The van der Waals surface area contributed by atoms with Gasteiger partial charge in [-0.05, 0) is 38.6 Å². The lowest BCUT2D eigenvalue weighted by Crippen LogP contribution is -2.19. The number of nitrogen functional groups attached to an aromatic ring is 1. The third kappa shape index (κ3) is 19.9. The van der Waals surface area contributed by atoms with Crippen molar-refractivity contribution in [2.24, 2.45) is 0 Å². The van der Waals surface area contributed by atoms with Crippen LogP contribution in [0.5, 0.6) is 0 Å². The molecule has 0 spiro atoms. The van der Waals surface area contributed by atoms with Crippen molar-refractivity contribution < 1.29 is 14.3 Å². The predicted octanol–water partition coefficient (Wildman–Crippen LogP) is 2.89. The summed E-state index contributed by atoms with van der Waals surface area (Å²) in [7, 11) is 3.05. The molecule has 5 nitrogen and oxygen atoms in total. The third-order valence-electron chi connectivity index (χ3n) is 2.57. The van der Waals surface area contributed by atoms with Gasteiger partial charge in [-0.3, -0.25) is 9.59 Å². The molecule has 130 valence electrons. The number of benzene rings is 1. The Morgan fingerprint density at radius 2 is 1.91 bits per heavy atom. The molecule has 0 atom stereocenters. The van der Waals surface area contributed by atoms with Crippen molar-refractivity contribution in [1.82, 2.24) is 5.32 Å². The minimum Gasteiger partial charge on any atom is -0.468 e. The first-order chi connectivity index (χ1) is 11.0. The molecule has 0 saturated carbocycles. The molecule has 0 amide bonds. The van der Waals surface area contributed by atoms with Crippen molar-refractivity contribution in [2.75, 3.05) is 26.4 Å². The molecule has 1 aromatic rings. The molecule has 0 aliphatic rings. The van der Waals surface area contributed by atoms with E-state index < -0.39 is 0 Å². The fourth-order valence-electron chi connectivity index (χ4n) is 1.26. The summed E-state index contributed by atoms with van der Waals surface area (Å²) in [6.45, 7) is 4.46. The Hall–Kier alpha value is -2.14. The highest BCUT2D eigenvalue weighted by molar-refractivity contribution is 5.71. The fourth-order valence-corrected chi connectivity index (χ4v) is 1.26. The van der Waals surface area contributed by atoms with Crippen LogP contribution in [0.15, 0.2) is 36.4 Å². The summed E-state index contributed by atoms with van der Waals surface area (Å²) in [5, 5.41) is 2.64. The van der Waals surface area contributed by atoms with E-state index in [9.17, 15) is 9.59 Å². The van der Waals surface area contributed by atoms with Crippen LogP contribution in [0.25, 0.3) is 0 Å². The molecule has 5 heteroatoms. The average Bonchev–Trinajstić information content (AvgIpc) is 2.56. The minimum atomic E-state index is -0.234. The number of unbranched alkanes of at least 4 members (excludes halogenated alkanes) is 2. The molecular formula is C18H30N2O3. The molecule has 0 bridgehead atoms. The molecule has 0 aromatic heterocycles. The number of nitrogens with two attached hydrogens (primary N) is 1. The monoisotopic (exact) mass is 322 g/mol. The normalized spacial score (nSPS) is 9.22. The van der Waals surface area contributed by atoms with Gasteiger partial charge in [0.2, 0.25) is 0 Å². The maximum Gasteiger partial charge on any atom is 0.319 e. The number of esters is 1. The smallest absolute Gasteiger partial charge is 0.319 e. The third-order valence-corrected chi connectivity index (χ3v) is 2.57. The minimum absolute atomic E-state index is 0.234. The van der Waals surface area contributed by atoms with Crippen molar-refractivity contribution in [3.05, 3.63) is 42.0 Å². The van der Waals surface area contributed by atoms with E-state index in [4.69, 9.17) is 5.73 Å².